The molecule has 1 aliphatic rings. The molecule has 5 N–H and O–H groups in total. The fourth-order valence-electron chi connectivity index (χ4n) is 5.61. The van der Waals surface area contributed by atoms with Gasteiger partial charge in [0.2, 0.25) is 0 Å². The predicted molar refractivity (Wildman–Crippen MR) is 163 cm³/mol. The number of ether oxygens (including phenoxy) is 1. The van der Waals surface area contributed by atoms with Crippen LogP contribution in [0.15, 0.2) is 54.7 Å². The van der Waals surface area contributed by atoms with Crippen molar-refractivity contribution in [1.29, 1.82) is 0 Å². The SMILES string of the molecule is CCO[PH](O)(CCCc1c[nH]c2ccccc12)NC(Cc1ccc(OCCCCC2CCNCC2)cc1)C(=O)O. The van der Waals surface area contributed by atoms with Crippen molar-refractivity contribution in [3.05, 3.63) is 65.9 Å². The number of benzene rings is 2. The standard InChI is InChI=1S/C31H46N3O5P/c1-2-39-40(37,21-7-9-26-23-33-29-11-4-3-10-28(26)29)34-30(31(35)36)22-25-12-14-27(15-13-25)38-20-6-5-8-24-16-18-32-19-17-24/h3-4,10-15,23-24,30,32-34,37,40H,2,5-9,16-22H2,1H3,(H,35,36). The Bertz CT molecular complexity index is 1180. The molecule has 0 bridgehead atoms. The molecule has 9 heteroatoms. The van der Waals surface area contributed by atoms with Crippen molar-refractivity contribution >= 4 is 24.7 Å². The molecule has 0 radical (unpaired) electrons. The molecule has 1 atom stereocenters. The van der Waals surface area contributed by atoms with Crippen LogP contribution in [-0.4, -0.2) is 59.5 Å². The van der Waals surface area contributed by atoms with Gasteiger partial charge in [-0.05, 0) is 31.8 Å². The molecule has 2 aromatic carbocycles. The van der Waals surface area contributed by atoms with Gasteiger partial charge in [0.15, 0.2) is 0 Å². The van der Waals surface area contributed by atoms with Gasteiger partial charge in [0.1, 0.15) is 0 Å². The summed E-state index contributed by atoms with van der Waals surface area (Å²) >= 11 is 0. The molecule has 0 saturated carbocycles. The van der Waals surface area contributed by atoms with Gasteiger partial charge in [0, 0.05) is 0 Å². The number of carboxylic acid groups (broad SMARTS) is 1. The number of para-hydroxylation sites is 1. The van der Waals surface area contributed by atoms with Gasteiger partial charge in [-0.1, -0.05) is 0 Å². The summed E-state index contributed by atoms with van der Waals surface area (Å²) in [5.74, 6) is 0.638. The van der Waals surface area contributed by atoms with Crippen molar-refractivity contribution in [3.63, 3.8) is 0 Å². The van der Waals surface area contributed by atoms with Gasteiger partial charge >= 0.3 is 201 Å². The minimum absolute atomic E-state index is 0.247. The van der Waals surface area contributed by atoms with E-state index in [1.165, 1.54) is 36.6 Å². The van der Waals surface area contributed by atoms with Crippen LogP contribution in [0.5, 0.6) is 5.75 Å². The van der Waals surface area contributed by atoms with E-state index in [1.807, 2.05) is 55.6 Å². The number of fused-ring (bicyclic) bond motifs is 1. The van der Waals surface area contributed by atoms with Crippen LogP contribution in [0.25, 0.3) is 10.9 Å². The Balaban J connectivity index is 1.24. The van der Waals surface area contributed by atoms with Gasteiger partial charge in [-0.3, -0.25) is 0 Å². The zero-order chi connectivity index (χ0) is 28.2. The van der Waals surface area contributed by atoms with Crippen molar-refractivity contribution in [3.8, 4) is 5.75 Å². The molecule has 1 aromatic heterocycles. The van der Waals surface area contributed by atoms with Crippen LogP contribution in [-0.2, 0) is 22.2 Å². The number of aromatic nitrogens is 1. The first-order valence-corrected chi connectivity index (χ1v) is 16.9. The number of aromatic amines is 1. The van der Waals surface area contributed by atoms with E-state index in [0.29, 0.717) is 25.8 Å². The Morgan fingerprint density at radius 1 is 1.10 bits per heavy atom. The number of carbonyl (C=O) groups is 1. The second-order valence-corrected chi connectivity index (χ2v) is 13.5. The number of piperidine rings is 1. The third-order valence-electron chi connectivity index (χ3n) is 7.82. The number of carboxylic acids is 1. The second kappa shape index (κ2) is 15.5. The van der Waals surface area contributed by atoms with E-state index in [-0.39, 0.29) is 6.42 Å². The van der Waals surface area contributed by atoms with E-state index >= 15 is 0 Å². The van der Waals surface area contributed by atoms with E-state index in [4.69, 9.17) is 9.26 Å². The van der Waals surface area contributed by atoms with Crippen molar-refractivity contribution < 1.29 is 24.1 Å². The van der Waals surface area contributed by atoms with Crippen LogP contribution >= 0.6 is 7.87 Å². The first-order chi connectivity index (χ1) is 19.5. The molecule has 0 spiro atoms. The van der Waals surface area contributed by atoms with E-state index < -0.39 is 19.9 Å². The molecule has 0 aliphatic carbocycles. The number of nitrogens with one attached hydrogen (secondary N) is 3. The Hall–Kier alpha value is -2.48. The summed E-state index contributed by atoms with van der Waals surface area (Å²) in [6.45, 7) is 5.12. The van der Waals surface area contributed by atoms with Crippen LogP contribution in [0.1, 0.15) is 56.6 Å². The molecule has 1 unspecified atom stereocenters. The molecule has 1 fully saturated rings. The summed E-state index contributed by atoms with van der Waals surface area (Å²) in [4.78, 5) is 26.7. The summed E-state index contributed by atoms with van der Waals surface area (Å²) in [6, 6.07) is 14.8. The summed E-state index contributed by atoms with van der Waals surface area (Å²) in [5, 5.41) is 17.5. The topological polar surface area (TPSA) is 116 Å². The predicted octanol–water partition coefficient (Wildman–Crippen LogP) is 5.46. The molecule has 1 aliphatic heterocycles. The van der Waals surface area contributed by atoms with Crippen molar-refractivity contribution in [2.45, 2.75) is 64.3 Å². The second-order valence-electron chi connectivity index (χ2n) is 10.9. The summed E-state index contributed by atoms with van der Waals surface area (Å²) < 4.78 is 11.7. The first kappa shape index (κ1) is 30.5. The Morgan fingerprint density at radius 3 is 2.62 bits per heavy atom. The average Bonchev–Trinajstić information content (AvgIpc) is 3.37. The number of hydrogen-bond acceptors (Lipinski definition) is 6. The van der Waals surface area contributed by atoms with E-state index in [0.717, 1.165) is 48.7 Å². The quantitative estimate of drug-likeness (QED) is 0.108. The summed E-state index contributed by atoms with van der Waals surface area (Å²) in [7, 11) is -3.45. The molecule has 3 aromatic rings. The zero-order valence-electron chi connectivity index (χ0n) is 23.7. The molecule has 4 rings (SSSR count). The first-order valence-electron chi connectivity index (χ1n) is 14.8. The molecule has 220 valence electrons. The minimum atomic E-state index is -3.45. The van der Waals surface area contributed by atoms with E-state index in [2.05, 4.69) is 21.5 Å². The molecular formula is C31H46N3O5P. The average molecular weight is 572 g/mol. The van der Waals surface area contributed by atoms with Crippen molar-refractivity contribution in [2.24, 2.45) is 5.92 Å². The molecule has 0 amide bonds. The van der Waals surface area contributed by atoms with Crippen LogP contribution in [0, 0.1) is 5.92 Å². The van der Waals surface area contributed by atoms with Crippen LogP contribution in [0.3, 0.4) is 0 Å². The number of aliphatic carboxylic acids is 1. The Kier molecular flexibility index (Phi) is 11.8. The summed E-state index contributed by atoms with van der Waals surface area (Å²) in [6.07, 6.45) is 10.2. The monoisotopic (exact) mass is 571 g/mol. The fourth-order valence-corrected chi connectivity index (χ4v) is 7.88. The molecule has 40 heavy (non-hydrogen) atoms. The molecule has 1 saturated heterocycles. The molecular weight excluding hydrogens is 525 g/mol. The van der Waals surface area contributed by atoms with Gasteiger partial charge in [-0.25, -0.2) is 0 Å². The maximum absolute atomic E-state index is 12.1. The van der Waals surface area contributed by atoms with Crippen LogP contribution < -0.4 is 15.1 Å². The number of unbranched alkanes of at least 4 members (excludes halogenated alkanes) is 1. The van der Waals surface area contributed by atoms with E-state index in [9.17, 15) is 14.8 Å². The molecule has 2 heterocycles. The van der Waals surface area contributed by atoms with Gasteiger partial charge in [0.05, 0.1) is 0 Å². The maximum atomic E-state index is 12.1. The van der Waals surface area contributed by atoms with Gasteiger partial charge in [0.25, 0.3) is 0 Å². The fraction of sp³-hybridized carbons (Fsp3) is 0.516. The van der Waals surface area contributed by atoms with Gasteiger partial charge < -0.3 is 5.32 Å². The van der Waals surface area contributed by atoms with Crippen molar-refractivity contribution in [2.75, 3.05) is 32.5 Å². The third kappa shape index (κ3) is 9.28. The number of rotatable bonds is 17. The Morgan fingerprint density at radius 2 is 1.88 bits per heavy atom. The van der Waals surface area contributed by atoms with Crippen molar-refractivity contribution in [1.82, 2.24) is 15.4 Å². The summed E-state index contributed by atoms with van der Waals surface area (Å²) in [5.41, 5.74) is 3.13. The van der Waals surface area contributed by atoms with Crippen LogP contribution in [0.4, 0.5) is 0 Å². The molecule has 8 nitrogen and oxygen atoms in total. The number of hydrogen-bond donors (Lipinski definition) is 5. The number of H-pyrrole nitrogens is 1. The third-order valence-corrected chi connectivity index (χ3v) is 10.4. The van der Waals surface area contributed by atoms with Gasteiger partial charge in [-0.2, -0.15) is 0 Å². The van der Waals surface area contributed by atoms with Crippen LogP contribution in [0.2, 0.25) is 0 Å². The van der Waals surface area contributed by atoms with E-state index in [1.54, 1.807) is 0 Å². The van der Waals surface area contributed by atoms with Gasteiger partial charge in [-0.15, -0.1) is 0 Å². The normalized spacial score (nSPS) is 15.8. The zero-order valence-corrected chi connectivity index (χ0v) is 24.7. The number of aryl methyl sites for hydroxylation is 1. The Labute approximate surface area is 238 Å².